The average molecular weight is 274 g/mol. The van der Waals surface area contributed by atoms with Crippen molar-refractivity contribution in [1.29, 1.82) is 0 Å². The quantitative estimate of drug-likeness (QED) is 0.756. The zero-order valence-corrected chi connectivity index (χ0v) is 12.1. The van der Waals surface area contributed by atoms with E-state index < -0.39 is 0 Å². The number of para-hydroxylation sites is 1. The minimum atomic E-state index is -0.146. The first kappa shape index (κ1) is 14.8. The number of aromatic amines is 1. The number of rotatable bonds is 6. The summed E-state index contributed by atoms with van der Waals surface area (Å²) in [4.78, 5) is 15.0. The molecule has 20 heavy (non-hydrogen) atoms. The third-order valence-electron chi connectivity index (χ3n) is 3.98. The van der Waals surface area contributed by atoms with E-state index in [0.717, 1.165) is 22.9 Å². The van der Waals surface area contributed by atoms with Crippen molar-refractivity contribution in [2.24, 2.45) is 0 Å². The third-order valence-corrected chi connectivity index (χ3v) is 3.98. The van der Waals surface area contributed by atoms with Gasteiger partial charge in [-0.1, -0.05) is 25.1 Å². The molecule has 0 amide bonds. The summed E-state index contributed by atoms with van der Waals surface area (Å²) in [5.41, 5.74) is 1.38. The van der Waals surface area contributed by atoms with Crippen LogP contribution in [-0.2, 0) is 6.54 Å². The summed E-state index contributed by atoms with van der Waals surface area (Å²) < 4.78 is 0. The van der Waals surface area contributed by atoms with E-state index in [1.807, 2.05) is 30.3 Å². The number of H-pyrrole nitrogens is 1. The van der Waals surface area contributed by atoms with Crippen LogP contribution in [0.15, 0.2) is 35.1 Å². The zero-order chi connectivity index (χ0) is 14.6. The molecule has 2 aromatic rings. The fourth-order valence-electron chi connectivity index (χ4n) is 2.27. The topological polar surface area (TPSA) is 65.1 Å². The van der Waals surface area contributed by atoms with E-state index in [0.29, 0.717) is 13.0 Å². The maximum Gasteiger partial charge on any atom is 0.252 e. The van der Waals surface area contributed by atoms with Crippen molar-refractivity contribution in [2.75, 3.05) is 6.61 Å². The standard InChI is InChI=1S/C16H22N2O2/c1-3-16(2,8-9-19)17-11-13-10-12-6-4-5-7-14(12)18-15(13)20/h4-7,10,17,19H,3,8-9,11H2,1-2H3,(H,18,20). The molecule has 3 N–H and O–H groups in total. The van der Waals surface area contributed by atoms with Gasteiger partial charge in [-0.15, -0.1) is 0 Å². The minimum Gasteiger partial charge on any atom is -0.396 e. The van der Waals surface area contributed by atoms with Gasteiger partial charge in [0, 0.05) is 29.8 Å². The van der Waals surface area contributed by atoms with Crippen LogP contribution >= 0.6 is 0 Å². The number of aliphatic hydroxyl groups is 1. The molecule has 0 spiro atoms. The Morgan fingerprint density at radius 1 is 1.35 bits per heavy atom. The first-order valence-electron chi connectivity index (χ1n) is 7.05. The normalized spacial score (nSPS) is 14.3. The van der Waals surface area contributed by atoms with E-state index in [1.54, 1.807) is 0 Å². The largest absolute Gasteiger partial charge is 0.396 e. The lowest BCUT2D eigenvalue weighted by Crippen LogP contribution is -2.42. The van der Waals surface area contributed by atoms with Crippen molar-refractivity contribution in [3.63, 3.8) is 0 Å². The molecule has 0 aliphatic heterocycles. The van der Waals surface area contributed by atoms with Crippen molar-refractivity contribution in [1.82, 2.24) is 10.3 Å². The monoisotopic (exact) mass is 274 g/mol. The van der Waals surface area contributed by atoms with Gasteiger partial charge in [0.05, 0.1) is 0 Å². The van der Waals surface area contributed by atoms with Crippen molar-refractivity contribution >= 4 is 10.9 Å². The van der Waals surface area contributed by atoms with Gasteiger partial charge in [-0.3, -0.25) is 4.79 Å². The maximum absolute atomic E-state index is 12.1. The van der Waals surface area contributed by atoms with Crippen LogP contribution in [0.4, 0.5) is 0 Å². The number of aliphatic hydroxyl groups excluding tert-OH is 1. The SMILES string of the molecule is CCC(C)(CCO)NCc1cc2ccccc2[nH]c1=O. The molecule has 0 bridgehead atoms. The summed E-state index contributed by atoms with van der Waals surface area (Å²) in [6.45, 7) is 4.79. The highest BCUT2D eigenvalue weighted by molar-refractivity contribution is 5.78. The molecule has 0 aliphatic rings. The first-order chi connectivity index (χ1) is 9.58. The lowest BCUT2D eigenvalue weighted by molar-refractivity contribution is 0.214. The molecule has 1 aromatic carbocycles. The van der Waals surface area contributed by atoms with Crippen molar-refractivity contribution in [3.05, 3.63) is 46.2 Å². The van der Waals surface area contributed by atoms with E-state index in [4.69, 9.17) is 5.11 Å². The van der Waals surface area contributed by atoms with Crippen LogP contribution in [0.25, 0.3) is 10.9 Å². The lowest BCUT2D eigenvalue weighted by Gasteiger charge is -2.29. The molecule has 1 unspecified atom stereocenters. The molecule has 0 aliphatic carbocycles. The van der Waals surface area contributed by atoms with Gasteiger partial charge in [0.25, 0.3) is 5.56 Å². The van der Waals surface area contributed by atoms with Crippen LogP contribution < -0.4 is 10.9 Å². The Morgan fingerprint density at radius 2 is 2.10 bits per heavy atom. The van der Waals surface area contributed by atoms with E-state index in [1.165, 1.54) is 0 Å². The van der Waals surface area contributed by atoms with Gasteiger partial charge in [-0.2, -0.15) is 0 Å². The van der Waals surface area contributed by atoms with E-state index in [9.17, 15) is 4.79 Å². The van der Waals surface area contributed by atoms with Crippen LogP contribution in [0.2, 0.25) is 0 Å². The van der Waals surface area contributed by atoms with Crippen LogP contribution in [0, 0.1) is 0 Å². The first-order valence-corrected chi connectivity index (χ1v) is 7.05. The fraction of sp³-hybridized carbons (Fsp3) is 0.438. The average Bonchev–Trinajstić information content (AvgIpc) is 2.45. The number of benzene rings is 1. The predicted octanol–water partition coefficient (Wildman–Crippen LogP) is 2.17. The number of pyridine rings is 1. The predicted molar refractivity (Wildman–Crippen MR) is 81.8 cm³/mol. The summed E-state index contributed by atoms with van der Waals surface area (Å²) in [6, 6.07) is 9.68. The number of nitrogens with one attached hydrogen (secondary N) is 2. The smallest absolute Gasteiger partial charge is 0.252 e. The van der Waals surface area contributed by atoms with E-state index in [-0.39, 0.29) is 17.7 Å². The second-order valence-corrected chi connectivity index (χ2v) is 5.45. The highest BCUT2D eigenvalue weighted by Crippen LogP contribution is 2.15. The molecule has 1 aromatic heterocycles. The van der Waals surface area contributed by atoms with Crippen LogP contribution in [0.3, 0.4) is 0 Å². The molecule has 4 heteroatoms. The third kappa shape index (κ3) is 3.26. The summed E-state index contributed by atoms with van der Waals surface area (Å²) in [5.74, 6) is 0. The van der Waals surface area contributed by atoms with Gasteiger partial charge in [0.15, 0.2) is 0 Å². The second kappa shape index (κ2) is 6.20. The highest BCUT2D eigenvalue weighted by atomic mass is 16.3. The number of hydrogen-bond donors (Lipinski definition) is 3. The molecule has 4 nitrogen and oxygen atoms in total. The molecule has 0 fully saturated rings. The van der Waals surface area contributed by atoms with Gasteiger partial charge >= 0.3 is 0 Å². The number of fused-ring (bicyclic) bond motifs is 1. The number of hydrogen-bond acceptors (Lipinski definition) is 3. The highest BCUT2D eigenvalue weighted by Gasteiger charge is 2.20. The van der Waals surface area contributed by atoms with Crippen molar-refractivity contribution < 1.29 is 5.11 Å². The Bertz CT molecular complexity index is 636. The molecule has 2 rings (SSSR count). The molecule has 0 saturated heterocycles. The van der Waals surface area contributed by atoms with E-state index >= 15 is 0 Å². The van der Waals surface area contributed by atoms with Crippen LogP contribution in [-0.4, -0.2) is 22.2 Å². The summed E-state index contributed by atoms with van der Waals surface area (Å²) in [5, 5.41) is 13.5. The molecule has 0 radical (unpaired) electrons. The fourth-order valence-corrected chi connectivity index (χ4v) is 2.27. The van der Waals surface area contributed by atoms with Crippen LogP contribution in [0.5, 0.6) is 0 Å². The second-order valence-electron chi connectivity index (χ2n) is 5.45. The van der Waals surface area contributed by atoms with Crippen molar-refractivity contribution in [2.45, 2.75) is 38.8 Å². The minimum absolute atomic E-state index is 0.0568. The Labute approximate surface area is 118 Å². The Balaban J connectivity index is 2.21. The Kier molecular flexibility index (Phi) is 4.57. The molecular formula is C16H22N2O2. The summed E-state index contributed by atoms with van der Waals surface area (Å²) in [7, 11) is 0. The van der Waals surface area contributed by atoms with Gasteiger partial charge < -0.3 is 15.4 Å². The maximum atomic E-state index is 12.1. The molecule has 0 saturated carbocycles. The van der Waals surface area contributed by atoms with Gasteiger partial charge in [-0.05, 0) is 37.3 Å². The molecule has 108 valence electrons. The van der Waals surface area contributed by atoms with Crippen molar-refractivity contribution in [3.8, 4) is 0 Å². The molecule has 1 heterocycles. The Hall–Kier alpha value is -1.65. The zero-order valence-electron chi connectivity index (χ0n) is 12.1. The lowest BCUT2D eigenvalue weighted by atomic mass is 9.94. The number of aromatic nitrogens is 1. The van der Waals surface area contributed by atoms with Gasteiger partial charge in [0.2, 0.25) is 0 Å². The summed E-state index contributed by atoms with van der Waals surface area (Å²) >= 11 is 0. The van der Waals surface area contributed by atoms with Crippen LogP contribution in [0.1, 0.15) is 32.3 Å². The Morgan fingerprint density at radius 3 is 2.80 bits per heavy atom. The summed E-state index contributed by atoms with van der Waals surface area (Å²) in [6.07, 6.45) is 1.58. The molecule has 1 atom stereocenters. The molecular weight excluding hydrogens is 252 g/mol. The van der Waals surface area contributed by atoms with Gasteiger partial charge in [0.1, 0.15) is 0 Å². The van der Waals surface area contributed by atoms with E-state index in [2.05, 4.69) is 24.1 Å². The van der Waals surface area contributed by atoms with Gasteiger partial charge in [-0.25, -0.2) is 0 Å².